The molecule has 3 aromatic rings. The minimum absolute atomic E-state index is 0.0718. The number of rotatable bonds is 3. The second-order valence-electron chi connectivity index (χ2n) is 6.86. The van der Waals surface area contributed by atoms with Crippen LogP contribution in [0.4, 0.5) is 11.5 Å². The number of anilines is 2. The number of nitriles is 1. The molecule has 142 valence electrons. The normalized spacial score (nSPS) is 16.7. The van der Waals surface area contributed by atoms with Crippen LogP contribution in [0.3, 0.4) is 0 Å². The van der Waals surface area contributed by atoms with Crippen LogP contribution in [0.25, 0.3) is 16.9 Å². The number of nitrogen functional groups attached to an aromatic ring is 1. The molecule has 0 spiro atoms. The van der Waals surface area contributed by atoms with Crippen LogP contribution in [0.2, 0.25) is 0 Å². The van der Waals surface area contributed by atoms with Crippen LogP contribution in [0.1, 0.15) is 25.3 Å². The van der Waals surface area contributed by atoms with Crippen molar-refractivity contribution < 1.29 is 4.79 Å². The Morgan fingerprint density at radius 3 is 3.07 bits per heavy atom. The van der Waals surface area contributed by atoms with Gasteiger partial charge in [0.25, 0.3) is 0 Å². The second kappa shape index (κ2) is 7.15. The third-order valence-corrected chi connectivity index (χ3v) is 4.92. The number of hydrogen-bond acceptors (Lipinski definition) is 7. The minimum atomic E-state index is 0.0718. The van der Waals surface area contributed by atoms with E-state index in [1.807, 2.05) is 4.90 Å². The van der Waals surface area contributed by atoms with Gasteiger partial charge in [-0.05, 0) is 25.0 Å². The van der Waals surface area contributed by atoms with Crippen molar-refractivity contribution in [1.82, 2.24) is 24.5 Å². The van der Waals surface area contributed by atoms with Gasteiger partial charge in [0.1, 0.15) is 0 Å². The smallest absolute Gasteiger partial charge is 0.219 e. The van der Waals surface area contributed by atoms with Crippen molar-refractivity contribution in [3.05, 3.63) is 36.3 Å². The van der Waals surface area contributed by atoms with E-state index in [1.165, 1.54) is 0 Å². The van der Waals surface area contributed by atoms with Crippen LogP contribution in [-0.2, 0) is 4.79 Å². The van der Waals surface area contributed by atoms with Gasteiger partial charge in [0, 0.05) is 32.3 Å². The molecule has 4 rings (SSSR count). The lowest BCUT2D eigenvalue weighted by Crippen LogP contribution is -2.44. The quantitative estimate of drug-likeness (QED) is 0.712. The average Bonchev–Trinajstić information content (AvgIpc) is 3.13. The summed E-state index contributed by atoms with van der Waals surface area (Å²) in [6.45, 7) is 2.98. The summed E-state index contributed by atoms with van der Waals surface area (Å²) >= 11 is 0. The monoisotopic (exact) mass is 376 g/mol. The zero-order chi connectivity index (χ0) is 19.7. The maximum absolute atomic E-state index is 11.7. The van der Waals surface area contributed by atoms with Gasteiger partial charge < -0.3 is 16.0 Å². The molecule has 0 bridgehead atoms. The maximum Gasteiger partial charge on any atom is 0.219 e. The Bertz CT molecular complexity index is 1080. The topological polar surface area (TPSA) is 125 Å². The molecule has 0 saturated carbocycles. The summed E-state index contributed by atoms with van der Waals surface area (Å²) in [6, 6.07) is 5.66. The van der Waals surface area contributed by atoms with Gasteiger partial charge in [-0.1, -0.05) is 0 Å². The average molecular weight is 376 g/mol. The summed E-state index contributed by atoms with van der Waals surface area (Å²) in [7, 11) is 0. The van der Waals surface area contributed by atoms with Crippen molar-refractivity contribution >= 4 is 22.9 Å². The molecule has 0 radical (unpaired) electrons. The molecule has 1 fully saturated rings. The summed E-state index contributed by atoms with van der Waals surface area (Å²) in [4.78, 5) is 22.4. The highest BCUT2D eigenvalue weighted by atomic mass is 16.2. The first kappa shape index (κ1) is 17.7. The number of carbonyl (C=O) groups is 1. The van der Waals surface area contributed by atoms with Crippen molar-refractivity contribution in [2.24, 2.45) is 0 Å². The molecule has 0 unspecified atom stereocenters. The molecule has 3 aromatic heterocycles. The Morgan fingerprint density at radius 1 is 1.43 bits per heavy atom. The molecule has 0 aromatic carbocycles. The van der Waals surface area contributed by atoms with Crippen molar-refractivity contribution in [3.8, 4) is 17.5 Å². The van der Waals surface area contributed by atoms with Crippen molar-refractivity contribution in [3.63, 3.8) is 0 Å². The van der Waals surface area contributed by atoms with E-state index in [1.54, 1.807) is 42.2 Å². The lowest BCUT2D eigenvalue weighted by molar-refractivity contribution is -0.129. The summed E-state index contributed by atoms with van der Waals surface area (Å²) in [5, 5.41) is 16.8. The second-order valence-corrected chi connectivity index (χ2v) is 6.86. The Morgan fingerprint density at radius 2 is 2.29 bits per heavy atom. The zero-order valence-corrected chi connectivity index (χ0v) is 15.5. The minimum Gasteiger partial charge on any atom is -0.394 e. The van der Waals surface area contributed by atoms with Gasteiger partial charge in [0.2, 0.25) is 5.91 Å². The molecule has 3 N–H and O–H groups in total. The number of fused-ring (bicyclic) bond motifs is 1. The number of hydrogen-bond donors (Lipinski definition) is 2. The molecule has 1 aliphatic rings. The standard InChI is InChI=1S/C19H20N8O/c1-12(28)26-5-2-3-14(11-26)24-19-16(21)10-22-18(25-19)15-9-23-27-6-4-13(8-20)7-17(15)27/h4,6-7,9-10,14H,2-3,5,11,21H2,1H3,(H,22,24,25)/t14-/m0/s1. The predicted molar refractivity (Wildman–Crippen MR) is 104 cm³/mol. The van der Waals surface area contributed by atoms with Crippen molar-refractivity contribution in [1.29, 1.82) is 5.26 Å². The molecule has 9 nitrogen and oxygen atoms in total. The van der Waals surface area contributed by atoms with Crippen LogP contribution in [0.5, 0.6) is 0 Å². The van der Waals surface area contributed by atoms with Gasteiger partial charge in [-0.3, -0.25) is 4.79 Å². The van der Waals surface area contributed by atoms with E-state index in [2.05, 4.69) is 26.5 Å². The van der Waals surface area contributed by atoms with Crippen LogP contribution in [-0.4, -0.2) is 49.5 Å². The predicted octanol–water partition coefficient (Wildman–Crippen LogP) is 1.67. The maximum atomic E-state index is 11.7. The fraction of sp³-hybridized carbons (Fsp3) is 0.316. The number of nitrogens with zero attached hydrogens (tertiary/aromatic N) is 6. The number of nitrogens with one attached hydrogen (secondary N) is 1. The van der Waals surface area contributed by atoms with Gasteiger partial charge in [-0.25, -0.2) is 14.5 Å². The molecule has 1 saturated heterocycles. The van der Waals surface area contributed by atoms with Crippen molar-refractivity contribution in [2.45, 2.75) is 25.8 Å². The lowest BCUT2D eigenvalue weighted by Gasteiger charge is -2.33. The number of likely N-dealkylation sites (tertiary alicyclic amines) is 1. The van der Waals surface area contributed by atoms with E-state index in [4.69, 9.17) is 11.0 Å². The van der Waals surface area contributed by atoms with Gasteiger partial charge in [0.05, 0.1) is 40.8 Å². The van der Waals surface area contributed by atoms with E-state index in [-0.39, 0.29) is 11.9 Å². The first-order chi connectivity index (χ1) is 13.5. The molecule has 1 aliphatic heterocycles. The highest BCUT2D eigenvalue weighted by Gasteiger charge is 2.23. The van der Waals surface area contributed by atoms with Gasteiger partial charge in [-0.15, -0.1) is 0 Å². The highest BCUT2D eigenvalue weighted by Crippen LogP contribution is 2.26. The summed E-state index contributed by atoms with van der Waals surface area (Å²) < 4.78 is 1.68. The summed E-state index contributed by atoms with van der Waals surface area (Å²) in [5.74, 6) is 1.08. The Kier molecular flexibility index (Phi) is 4.53. The first-order valence-corrected chi connectivity index (χ1v) is 9.07. The third kappa shape index (κ3) is 3.32. The number of carbonyl (C=O) groups excluding carboxylic acids is 1. The van der Waals surface area contributed by atoms with Crippen LogP contribution in [0.15, 0.2) is 30.7 Å². The SMILES string of the molecule is CC(=O)N1CCC[C@H](Nc2nc(-c3cnn4ccc(C#N)cc34)ncc2N)C1. The zero-order valence-electron chi connectivity index (χ0n) is 15.5. The molecule has 1 amide bonds. The highest BCUT2D eigenvalue weighted by molar-refractivity contribution is 5.78. The van der Waals surface area contributed by atoms with Crippen LogP contribution < -0.4 is 11.1 Å². The number of aromatic nitrogens is 4. The molecule has 4 heterocycles. The number of piperidine rings is 1. The van der Waals surface area contributed by atoms with Gasteiger partial charge in [-0.2, -0.15) is 10.4 Å². The third-order valence-electron chi connectivity index (χ3n) is 4.92. The largest absolute Gasteiger partial charge is 0.394 e. The Hall–Kier alpha value is -3.67. The molecule has 1 atom stereocenters. The fourth-order valence-electron chi connectivity index (χ4n) is 3.43. The fourth-order valence-corrected chi connectivity index (χ4v) is 3.43. The lowest BCUT2D eigenvalue weighted by atomic mass is 10.1. The van der Waals surface area contributed by atoms with E-state index in [0.717, 1.165) is 24.9 Å². The molecule has 9 heteroatoms. The van der Waals surface area contributed by atoms with Crippen LogP contribution in [0, 0.1) is 11.3 Å². The van der Waals surface area contributed by atoms with Crippen LogP contribution >= 0.6 is 0 Å². The number of amides is 1. The summed E-state index contributed by atoms with van der Waals surface area (Å²) in [6.07, 6.45) is 6.83. The first-order valence-electron chi connectivity index (χ1n) is 9.07. The Balaban J connectivity index is 1.65. The molecule has 0 aliphatic carbocycles. The van der Waals surface area contributed by atoms with Gasteiger partial charge in [0.15, 0.2) is 11.6 Å². The number of nitrogens with two attached hydrogens (primary N) is 1. The van der Waals surface area contributed by atoms with E-state index in [9.17, 15) is 4.79 Å². The Labute approximate surface area is 161 Å². The van der Waals surface area contributed by atoms with E-state index >= 15 is 0 Å². The molecule has 28 heavy (non-hydrogen) atoms. The number of pyridine rings is 1. The summed E-state index contributed by atoms with van der Waals surface area (Å²) in [5.41, 5.74) is 8.52. The molecular formula is C19H20N8O. The van der Waals surface area contributed by atoms with Gasteiger partial charge >= 0.3 is 0 Å². The van der Waals surface area contributed by atoms with Crippen molar-refractivity contribution in [2.75, 3.05) is 24.1 Å². The van der Waals surface area contributed by atoms with E-state index in [0.29, 0.717) is 35.0 Å². The van der Waals surface area contributed by atoms with E-state index < -0.39 is 0 Å². The molecular weight excluding hydrogens is 356 g/mol.